The predicted octanol–water partition coefficient (Wildman–Crippen LogP) is 3.03. The van der Waals surface area contributed by atoms with Crippen molar-refractivity contribution >= 4 is 17.8 Å². The summed E-state index contributed by atoms with van der Waals surface area (Å²) in [5, 5.41) is 17.9. The standard InChI is InChI=1S/C33H59N3O9/c1-12-22(36(10)11)24(37)28(41-14-3)44-27-20(5)26(38)31(7)15-16-42-32(27,8)17-19(4)18-34-21(6)25-33(9,45-30(40)35-25)23(13-2)43-29(31)39/h19-25,27-28,34,37H,12-18H2,1-11H3,(H,35,40)/t19-,20+,21-,22?,23-,24?,25-,27-,28+,31+,32+,33-/m1/s1. The minimum Gasteiger partial charge on any atom is -0.457 e. The van der Waals surface area contributed by atoms with Crippen LogP contribution in [0.15, 0.2) is 0 Å². The van der Waals surface area contributed by atoms with Gasteiger partial charge in [-0.25, -0.2) is 4.79 Å². The number of aliphatic hydroxyl groups excluding tert-OH is 1. The number of carbonyl (C=O) groups excluding carboxylic acids is 3. The van der Waals surface area contributed by atoms with E-state index in [-0.39, 0.29) is 43.4 Å². The molecule has 4 saturated heterocycles. The lowest BCUT2D eigenvalue weighted by atomic mass is 9.70. The van der Waals surface area contributed by atoms with Gasteiger partial charge < -0.3 is 44.3 Å². The Morgan fingerprint density at radius 1 is 1.09 bits per heavy atom. The number of alkyl carbamates (subject to hydrolysis) is 1. The molecule has 4 heterocycles. The van der Waals surface area contributed by atoms with Crippen LogP contribution in [0.4, 0.5) is 4.79 Å². The summed E-state index contributed by atoms with van der Waals surface area (Å²) >= 11 is 0. The van der Waals surface area contributed by atoms with Gasteiger partial charge in [0.2, 0.25) is 0 Å². The van der Waals surface area contributed by atoms with Gasteiger partial charge in [-0.3, -0.25) is 9.59 Å². The van der Waals surface area contributed by atoms with Crippen LogP contribution in [0.5, 0.6) is 0 Å². The normalized spacial score (nSPS) is 40.3. The van der Waals surface area contributed by atoms with Crippen LogP contribution in [0.3, 0.4) is 0 Å². The molecule has 0 aliphatic carbocycles. The first kappa shape index (κ1) is 37.6. The maximum Gasteiger partial charge on any atom is 0.408 e. The Balaban J connectivity index is 2.11. The Morgan fingerprint density at radius 2 is 1.76 bits per heavy atom. The molecule has 4 rings (SSSR count). The molecule has 3 N–H and O–H groups in total. The van der Waals surface area contributed by atoms with Crippen LogP contribution in [0.25, 0.3) is 0 Å². The van der Waals surface area contributed by atoms with Crippen molar-refractivity contribution in [1.82, 2.24) is 15.5 Å². The van der Waals surface area contributed by atoms with Gasteiger partial charge in [0, 0.05) is 31.2 Å². The molecule has 260 valence electrons. The second kappa shape index (κ2) is 14.9. The summed E-state index contributed by atoms with van der Waals surface area (Å²) in [6, 6.07) is -0.969. The second-order valence-corrected chi connectivity index (χ2v) is 14.2. The van der Waals surface area contributed by atoms with Gasteiger partial charge in [0.15, 0.2) is 17.7 Å². The molecule has 1 amide bonds. The molecular weight excluding hydrogens is 582 g/mol. The van der Waals surface area contributed by atoms with Crippen molar-refractivity contribution in [2.45, 2.75) is 142 Å². The van der Waals surface area contributed by atoms with Crippen LogP contribution in [0.2, 0.25) is 0 Å². The maximum atomic E-state index is 14.5. The highest BCUT2D eigenvalue weighted by atomic mass is 16.7. The molecule has 0 saturated carbocycles. The van der Waals surface area contributed by atoms with Crippen molar-refractivity contribution in [3.8, 4) is 0 Å². The third-order valence-electron chi connectivity index (χ3n) is 10.4. The minimum absolute atomic E-state index is 0.0477. The van der Waals surface area contributed by atoms with Gasteiger partial charge in [0.1, 0.15) is 17.6 Å². The van der Waals surface area contributed by atoms with Gasteiger partial charge in [0.05, 0.1) is 17.7 Å². The average Bonchev–Trinajstić information content (AvgIpc) is 3.29. The molecule has 12 nitrogen and oxygen atoms in total. The fourth-order valence-corrected chi connectivity index (χ4v) is 7.71. The molecule has 12 heteroatoms. The summed E-state index contributed by atoms with van der Waals surface area (Å²) in [6.07, 6.45) is -2.62. The number of rotatable bonds is 9. The largest absolute Gasteiger partial charge is 0.457 e. The molecular formula is C33H59N3O9. The number of hydrogen-bond acceptors (Lipinski definition) is 11. The van der Waals surface area contributed by atoms with Gasteiger partial charge in [0.25, 0.3) is 0 Å². The van der Waals surface area contributed by atoms with Crippen LogP contribution in [-0.2, 0) is 33.3 Å². The fourth-order valence-electron chi connectivity index (χ4n) is 7.71. The van der Waals surface area contributed by atoms with Gasteiger partial charge >= 0.3 is 12.1 Å². The first-order valence-corrected chi connectivity index (χ1v) is 16.7. The highest BCUT2D eigenvalue weighted by molar-refractivity contribution is 6.04. The molecule has 0 spiro atoms. The number of fused-ring (bicyclic) bond motifs is 10. The summed E-state index contributed by atoms with van der Waals surface area (Å²) in [6.45, 7) is 17.8. The zero-order valence-corrected chi connectivity index (χ0v) is 29.3. The zero-order chi connectivity index (χ0) is 33.9. The number of hydrogen-bond donors (Lipinski definition) is 3. The average molecular weight is 642 g/mol. The van der Waals surface area contributed by atoms with E-state index in [2.05, 4.69) is 17.6 Å². The molecule has 2 bridgehead atoms. The van der Waals surface area contributed by atoms with Gasteiger partial charge in [-0.1, -0.05) is 27.7 Å². The van der Waals surface area contributed by atoms with E-state index in [0.29, 0.717) is 25.8 Å². The molecule has 0 aromatic rings. The van der Waals surface area contributed by atoms with Crippen LogP contribution < -0.4 is 10.6 Å². The van der Waals surface area contributed by atoms with Crippen molar-refractivity contribution in [1.29, 1.82) is 0 Å². The number of aliphatic hydroxyl groups is 1. The number of nitrogens with one attached hydrogen (secondary N) is 2. The highest BCUT2D eigenvalue weighted by Crippen LogP contribution is 2.42. The van der Waals surface area contributed by atoms with Gasteiger partial charge in [-0.15, -0.1) is 0 Å². The Labute approximate surface area is 269 Å². The van der Waals surface area contributed by atoms with E-state index >= 15 is 0 Å². The highest BCUT2D eigenvalue weighted by Gasteiger charge is 2.58. The number of ketones is 1. The van der Waals surface area contributed by atoms with E-state index in [0.717, 1.165) is 0 Å². The number of amides is 1. The number of esters is 1. The van der Waals surface area contributed by atoms with E-state index in [9.17, 15) is 19.5 Å². The van der Waals surface area contributed by atoms with E-state index in [4.69, 9.17) is 23.7 Å². The summed E-state index contributed by atoms with van der Waals surface area (Å²) < 4.78 is 31.2. The predicted molar refractivity (Wildman–Crippen MR) is 169 cm³/mol. The number of carbonyl (C=O) groups is 3. The lowest BCUT2D eigenvalue weighted by Gasteiger charge is -2.47. The van der Waals surface area contributed by atoms with E-state index < -0.39 is 65.2 Å². The molecule has 4 fully saturated rings. The molecule has 0 aromatic heterocycles. The molecule has 4 aliphatic heterocycles. The molecule has 0 aromatic carbocycles. The molecule has 45 heavy (non-hydrogen) atoms. The Hall–Kier alpha value is -1.83. The lowest BCUT2D eigenvalue weighted by Crippen LogP contribution is -2.60. The van der Waals surface area contributed by atoms with E-state index in [1.807, 2.05) is 53.6 Å². The summed E-state index contributed by atoms with van der Waals surface area (Å²) in [7, 11) is 3.78. The molecule has 12 atom stereocenters. The Bertz CT molecular complexity index is 1040. The van der Waals surface area contributed by atoms with Crippen molar-refractivity contribution in [3.63, 3.8) is 0 Å². The van der Waals surface area contributed by atoms with Crippen LogP contribution in [0, 0.1) is 17.3 Å². The third kappa shape index (κ3) is 7.67. The number of Topliss-reactive ketones (excluding diaryl/α,β-unsaturated/α-hetero) is 1. The Kier molecular flexibility index (Phi) is 12.5. The first-order chi connectivity index (χ1) is 21.0. The minimum atomic E-state index is -1.55. The Morgan fingerprint density at radius 3 is 2.33 bits per heavy atom. The number of nitrogens with zero attached hydrogens (tertiary/aromatic N) is 1. The summed E-state index contributed by atoms with van der Waals surface area (Å²) in [4.78, 5) is 43.1. The monoisotopic (exact) mass is 641 g/mol. The summed E-state index contributed by atoms with van der Waals surface area (Å²) in [5.74, 6) is -1.79. The van der Waals surface area contributed by atoms with Crippen LogP contribution in [-0.4, -0.2) is 116 Å². The van der Waals surface area contributed by atoms with Crippen LogP contribution in [0.1, 0.15) is 88.0 Å². The SMILES string of the molecule is CCO[C@@H](O[C@@H]1[C@@H](C)C(=O)[C@]2(C)CCO[C@@]1(C)C[C@@H](C)CN[C@H](C)[C@H]1NC(=O)O[C@]1(C)[C@@H](CC)OC2=O)C(O)C(CC)N(C)C. The summed E-state index contributed by atoms with van der Waals surface area (Å²) in [5.41, 5.74) is -3.68. The van der Waals surface area contributed by atoms with Gasteiger partial charge in [-0.2, -0.15) is 0 Å². The van der Waals surface area contributed by atoms with Crippen molar-refractivity contribution in [2.24, 2.45) is 17.3 Å². The zero-order valence-electron chi connectivity index (χ0n) is 29.3. The maximum absolute atomic E-state index is 14.5. The van der Waals surface area contributed by atoms with E-state index in [1.165, 1.54) is 0 Å². The van der Waals surface area contributed by atoms with Crippen LogP contribution >= 0.6 is 0 Å². The fraction of sp³-hybridized carbons (Fsp3) is 0.909. The lowest BCUT2D eigenvalue weighted by molar-refractivity contribution is -0.273. The quantitative estimate of drug-likeness (QED) is 0.194. The smallest absolute Gasteiger partial charge is 0.408 e. The number of likely N-dealkylation sites (N-methyl/N-ethyl adjacent to an activating group) is 1. The molecule has 2 unspecified atom stereocenters. The van der Waals surface area contributed by atoms with E-state index in [1.54, 1.807) is 20.8 Å². The van der Waals surface area contributed by atoms with Gasteiger partial charge in [-0.05, 0) is 86.9 Å². The van der Waals surface area contributed by atoms with Crippen molar-refractivity contribution in [3.05, 3.63) is 0 Å². The first-order valence-electron chi connectivity index (χ1n) is 16.7. The van der Waals surface area contributed by atoms with Crippen molar-refractivity contribution in [2.75, 3.05) is 33.9 Å². The molecule has 0 radical (unpaired) electrons. The number of ether oxygens (including phenoxy) is 5. The van der Waals surface area contributed by atoms with Crippen molar-refractivity contribution < 1.29 is 43.2 Å². The topological polar surface area (TPSA) is 145 Å². The molecule has 4 aliphatic rings. The second-order valence-electron chi connectivity index (χ2n) is 14.2. The third-order valence-corrected chi connectivity index (χ3v) is 10.4.